The molecule has 3 N–H and O–H groups in total. The number of benzene rings is 2. The van der Waals surface area contributed by atoms with Gasteiger partial charge in [-0.3, -0.25) is 4.79 Å². The molecule has 2 aromatic carbocycles. The Kier molecular flexibility index (Phi) is 6.29. The van der Waals surface area contributed by atoms with E-state index in [1.54, 1.807) is 12.1 Å². The molecule has 0 saturated heterocycles. The van der Waals surface area contributed by atoms with Gasteiger partial charge in [-0.2, -0.15) is 0 Å². The van der Waals surface area contributed by atoms with Gasteiger partial charge in [-0.1, -0.05) is 41.6 Å². The summed E-state index contributed by atoms with van der Waals surface area (Å²) in [6, 6.07) is 13.7. The lowest BCUT2D eigenvalue weighted by Gasteiger charge is -2.20. The summed E-state index contributed by atoms with van der Waals surface area (Å²) in [5.41, 5.74) is 4.81. The van der Waals surface area contributed by atoms with Gasteiger partial charge in [0.25, 0.3) is 0 Å². The summed E-state index contributed by atoms with van der Waals surface area (Å²) < 4.78 is 1.40. The van der Waals surface area contributed by atoms with Crippen LogP contribution in [0.5, 0.6) is 0 Å². The molecule has 6 nitrogen and oxygen atoms in total. The highest BCUT2D eigenvalue weighted by atomic mass is 35.5. The van der Waals surface area contributed by atoms with Gasteiger partial charge in [-0.25, -0.2) is 4.68 Å². The number of nitrogen functional groups attached to an aromatic ring is 1. The number of fused-ring (bicyclic) bond motifs is 1. The minimum absolute atomic E-state index is 0.0503. The van der Waals surface area contributed by atoms with E-state index in [4.69, 9.17) is 17.4 Å². The van der Waals surface area contributed by atoms with E-state index in [2.05, 4.69) is 33.7 Å². The van der Waals surface area contributed by atoms with Gasteiger partial charge in [0, 0.05) is 10.6 Å². The molecule has 0 saturated carbocycles. The van der Waals surface area contributed by atoms with Crippen LogP contribution in [-0.4, -0.2) is 26.5 Å². The van der Waals surface area contributed by atoms with Crippen molar-refractivity contribution in [2.75, 3.05) is 11.6 Å². The van der Waals surface area contributed by atoms with Crippen LogP contribution in [-0.2, 0) is 17.6 Å². The van der Waals surface area contributed by atoms with Crippen molar-refractivity contribution < 1.29 is 4.79 Å². The predicted molar refractivity (Wildman–Crippen MR) is 121 cm³/mol. The van der Waals surface area contributed by atoms with Crippen molar-refractivity contribution in [1.82, 2.24) is 20.2 Å². The largest absolute Gasteiger partial charge is 0.349 e. The number of aromatic nitrogens is 3. The van der Waals surface area contributed by atoms with E-state index < -0.39 is 0 Å². The van der Waals surface area contributed by atoms with Crippen LogP contribution in [0.25, 0.3) is 11.4 Å². The van der Waals surface area contributed by atoms with Crippen LogP contribution in [0.2, 0.25) is 5.02 Å². The fourth-order valence-corrected chi connectivity index (χ4v) is 4.48. The molecule has 1 aliphatic rings. The molecule has 0 fully saturated rings. The number of hydrogen-bond donors (Lipinski definition) is 2. The maximum absolute atomic E-state index is 12.5. The lowest BCUT2D eigenvalue weighted by Crippen LogP contribution is -2.28. The molecule has 0 radical (unpaired) electrons. The third-order valence-electron chi connectivity index (χ3n) is 5.35. The summed E-state index contributed by atoms with van der Waals surface area (Å²) in [7, 11) is 0. The van der Waals surface area contributed by atoms with Gasteiger partial charge in [-0.15, -0.1) is 10.2 Å². The van der Waals surface area contributed by atoms with E-state index in [1.807, 2.05) is 19.1 Å². The Morgan fingerprint density at radius 3 is 2.67 bits per heavy atom. The number of aryl methyl sites for hydroxylation is 2. The number of thioether (sulfide) groups is 1. The number of carbonyl (C=O) groups is 1. The zero-order valence-electron chi connectivity index (χ0n) is 16.8. The molecular formula is C22H24ClN5OS. The smallest absolute Gasteiger partial charge is 0.230 e. The molecule has 0 unspecified atom stereocenters. The van der Waals surface area contributed by atoms with Crippen LogP contribution in [0.3, 0.4) is 0 Å². The van der Waals surface area contributed by atoms with Crippen LogP contribution in [0.4, 0.5) is 0 Å². The van der Waals surface area contributed by atoms with E-state index in [1.165, 1.54) is 40.4 Å². The number of nitrogens with zero attached hydrogens (tertiary/aromatic N) is 3. The van der Waals surface area contributed by atoms with Gasteiger partial charge in [0.15, 0.2) is 5.82 Å². The summed E-state index contributed by atoms with van der Waals surface area (Å²) in [4.78, 5) is 12.5. The van der Waals surface area contributed by atoms with Crippen molar-refractivity contribution >= 4 is 29.3 Å². The molecular weight excluding hydrogens is 418 g/mol. The highest BCUT2D eigenvalue weighted by Gasteiger charge is 2.17. The maximum atomic E-state index is 12.5. The average molecular weight is 442 g/mol. The third kappa shape index (κ3) is 4.63. The summed E-state index contributed by atoms with van der Waals surface area (Å²) >= 11 is 7.19. The number of hydrogen-bond acceptors (Lipinski definition) is 5. The number of rotatable bonds is 6. The first-order chi connectivity index (χ1) is 14.5. The van der Waals surface area contributed by atoms with E-state index in [0.717, 1.165) is 24.0 Å². The SMILES string of the molecule is C[C@H](NC(=O)CSc1nnc(-c2ccc(Cl)cc2)n1N)c1ccc2c(c1)CCCC2. The first-order valence-electron chi connectivity index (χ1n) is 10.0. The van der Waals surface area contributed by atoms with Gasteiger partial charge in [0.1, 0.15) is 0 Å². The van der Waals surface area contributed by atoms with E-state index >= 15 is 0 Å². The Morgan fingerprint density at radius 1 is 1.17 bits per heavy atom. The molecule has 1 aromatic heterocycles. The zero-order chi connectivity index (χ0) is 21.1. The lowest BCUT2D eigenvalue weighted by molar-refractivity contribution is -0.119. The predicted octanol–water partition coefficient (Wildman–Crippen LogP) is 4.16. The first kappa shape index (κ1) is 20.8. The zero-order valence-corrected chi connectivity index (χ0v) is 18.3. The molecule has 0 bridgehead atoms. The molecule has 30 heavy (non-hydrogen) atoms. The van der Waals surface area contributed by atoms with Crippen LogP contribution >= 0.6 is 23.4 Å². The molecule has 0 aliphatic heterocycles. The van der Waals surface area contributed by atoms with Crippen LogP contribution in [0, 0.1) is 0 Å². The van der Waals surface area contributed by atoms with Crippen LogP contribution in [0.15, 0.2) is 47.6 Å². The molecule has 4 rings (SSSR count). The van der Waals surface area contributed by atoms with Crippen molar-refractivity contribution in [2.45, 2.75) is 43.8 Å². The number of amides is 1. The van der Waals surface area contributed by atoms with Crippen molar-refractivity contribution in [2.24, 2.45) is 0 Å². The van der Waals surface area contributed by atoms with Gasteiger partial charge < -0.3 is 11.2 Å². The van der Waals surface area contributed by atoms with Crippen molar-refractivity contribution in [3.8, 4) is 11.4 Å². The summed E-state index contributed by atoms with van der Waals surface area (Å²) in [6.07, 6.45) is 4.79. The van der Waals surface area contributed by atoms with Gasteiger partial charge in [0.05, 0.1) is 11.8 Å². The van der Waals surface area contributed by atoms with Crippen molar-refractivity contribution in [3.63, 3.8) is 0 Å². The Morgan fingerprint density at radius 2 is 1.90 bits per heavy atom. The lowest BCUT2D eigenvalue weighted by atomic mass is 9.89. The normalized spacial score (nSPS) is 14.2. The Bertz CT molecular complexity index is 1050. The molecule has 3 aromatic rings. The highest BCUT2D eigenvalue weighted by Crippen LogP contribution is 2.26. The molecule has 1 amide bonds. The highest BCUT2D eigenvalue weighted by molar-refractivity contribution is 7.99. The summed E-state index contributed by atoms with van der Waals surface area (Å²) in [5, 5.41) is 12.4. The second kappa shape index (κ2) is 9.10. The summed E-state index contributed by atoms with van der Waals surface area (Å²) in [5.74, 6) is 6.79. The molecule has 156 valence electrons. The Hall–Kier alpha value is -2.51. The number of nitrogens with one attached hydrogen (secondary N) is 1. The Balaban J connectivity index is 1.35. The molecule has 1 aliphatic carbocycles. The molecule has 0 spiro atoms. The van der Waals surface area contributed by atoms with E-state index in [0.29, 0.717) is 16.0 Å². The Labute approximate surface area is 185 Å². The van der Waals surface area contributed by atoms with Gasteiger partial charge in [-0.05, 0) is 73.6 Å². The second-order valence-electron chi connectivity index (χ2n) is 7.50. The monoisotopic (exact) mass is 441 g/mol. The molecule has 1 heterocycles. The number of nitrogens with two attached hydrogens (primary N) is 1. The van der Waals surface area contributed by atoms with E-state index in [-0.39, 0.29) is 17.7 Å². The van der Waals surface area contributed by atoms with Crippen LogP contribution < -0.4 is 11.2 Å². The van der Waals surface area contributed by atoms with Crippen LogP contribution in [0.1, 0.15) is 42.5 Å². The topological polar surface area (TPSA) is 85.8 Å². The fraction of sp³-hybridized carbons (Fsp3) is 0.318. The maximum Gasteiger partial charge on any atom is 0.230 e. The minimum atomic E-state index is -0.0683. The molecule has 1 atom stereocenters. The first-order valence-corrected chi connectivity index (χ1v) is 11.4. The van der Waals surface area contributed by atoms with E-state index in [9.17, 15) is 4.79 Å². The van der Waals surface area contributed by atoms with Crippen molar-refractivity contribution in [1.29, 1.82) is 0 Å². The fourth-order valence-electron chi connectivity index (χ4n) is 3.69. The number of halogens is 1. The van der Waals surface area contributed by atoms with Crippen molar-refractivity contribution in [3.05, 3.63) is 64.2 Å². The number of carbonyl (C=O) groups excluding carboxylic acids is 1. The standard InChI is InChI=1S/C22H24ClN5OS/c1-14(17-7-6-15-4-2-3-5-18(15)12-17)25-20(29)13-30-22-27-26-21(28(22)24)16-8-10-19(23)11-9-16/h6-12,14H,2-5,13,24H2,1H3,(H,25,29)/t14-/m0/s1. The minimum Gasteiger partial charge on any atom is -0.349 e. The van der Waals surface area contributed by atoms with Gasteiger partial charge in [0.2, 0.25) is 11.1 Å². The third-order valence-corrected chi connectivity index (χ3v) is 6.54. The summed E-state index contributed by atoms with van der Waals surface area (Å²) in [6.45, 7) is 2.01. The molecule has 8 heteroatoms. The van der Waals surface area contributed by atoms with Gasteiger partial charge >= 0.3 is 0 Å². The second-order valence-corrected chi connectivity index (χ2v) is 8.88. The quantitative estimate of drug-likeness (QED) is 0.443. The average Bonchev–Trinajstić information content (AvgIpc) is 3.12.